The van der Waals surface area contributed by atoms with Crippen LogP contribution < -0.4 is 0 Å². The molecule has 2 N–H and O–H groups in total. The van der Waals surface area contributed by atoms with Gasteiger partial charge in [-0.05, 0) is 44.4 Å². The van der Waals surface area contributed by atoms with Gasteiger partial charge < -0.3 is 24.4 Å². The first kappa shape index (κ1) is 26.1. The Hall–Kier alpha value is -2.55. The van der Waals surface area contributed by atoms with E-state index in [-0.39, 0.29) is 24.9 Å². The summed E-state index contributed by atoms with van der Waals surface area (Å²) in [6.45, 7) is 8.73. The lowest BCUT2D eigenvalue weighted by Crippen LogP contribution is -2.74. The molecule has 1 aromatic carbocycles. The first-order valence-corrected chi connectivity index (χ1v) is 13.0. The summed E-state index contributed by atoms with van der Waals surface area (Å²) in [5.74, 6) is -2.63. The van der Waals surface area contributed by atoms with Gasteiger partial charge in [-0.2, -0.15) is 0 Å². The van der Waals surface area contributed by atoms with Gasteiger partial charge in [-0.25, -0.2) is 4.79 Å². The molecule has 0 radical (unpaired) electrons. The predicted octanol–water partition coefficient (Wildman–Crippen LogP) is 3.00. The maximum absolute atomic E-state index is 14.5. The number of esters is 2. The van der Waals surface area contributed by atoms with Gasteiger partial charge in [0.2, 0.25) is 0 Å². The number of ether oxygens (including phenoxy) is 3. The van der Waals surface area contributed by atoms with Crippen LogP contribution in [0, 0.1) is 22.7 Å². The molecule has 8 heteroatoms. The second kappa shape index (κ2) is 8.75. The molecule has 200 valence electrons. The van der Waals surface area contributed by atoms with E-state index in [1.165, 1.54) is 6.92 Å². The van der Waals surface area contributed by atoms with Gasteiger partial charge in [-0.3, -0.25) is 9.59 Å². The Morgan fingerprint density at radius 2 is 1.78 bits per heavy atom. The fourth-order valence-corrected chi connectivity index (χ4v) is 7.48. The average Bonchev–Trinajstić information content (AvgIpc) is 2.83. The Morgan fingerprint density at radius 1 is 1.11 bits per heavy atom. The van der Waals surface area contributed by atoms with E-state index in [0.29, 0.717) is 24.2 Å². The Morgan fingerprint density at radius 3 is 2.38 bits per heavy atom. The average molecular weight is 513 g/mol. The normalized spacial score (nSPS) is 40.4. The first-order chi connectivity index (χ1) is 17.3. The molecule has 1 aromatic rings. The molecule has 2 saturated carbocycles. The van der Waals surface area contributed by atoms with E-state index in [1.54, 1.807) is 37.3 Å². The Bertz CT molecular complexity index is 1160. The number of hydrogen-bond acceptors (Lipinski definition) is 8. The molecular formula is C29H36O8. The van der Waals surface area contributed by atoms with E-state index in [1.807, 2.05) is 20.8 Å². The zero-order valence-corrected chi connectivity index (χ0v) is 22.0. The highest BCUT2D eigenvalue weighted by Crippen LogP contribution is 2.62. The monoisotopic (exact) mass is 512 g/mol. The van der Waals surface area contributed by atoms with Crippen molar-refractivity contribution in [3.8, 4) is 0 Å². The third kappa shape index (κ3) is 3.63. The summed E-state index contributed by atoms with van der Waals surface area (Å²) in [6.07, 6.45) is -2.89. The number of fused-ring (bicyclic) bond motifs is 5. The number of aliphatic hydroxyl groups is 2. The van der Waals surface area contributed by atoms with Crippen molar-refractivity contribution < 1.29 is 38.8 Å². The summed E-state index contributed by atoms with van der Waals surface area (Å²) in [6, 6.07) is 8.54. The number of aliphatic hydroxyl groups excluding tert-OH is 1. The third-order valence-corrected chi connectivity index (χ3v) is 9.73. The van der Waals surface area contributed by atoms with Gasteiger partial charge in [0.1, 0.15) is 11.7 Å². The van der Waals surface area contributed by atoms with Crippen molar-refractivity contribution in [3.63, 3.8) is 0 Å². The minimum Gasteiger partial charge on any atom is -0.455 e. The molecule has 0 spiro atoms. The Kier molecular flexibility index (Phi) is 6.17. The molecule has 4 aliphatic rings. The number of allylic oxidation sites excluding steroid dienone is 1. The van der Waals surface area contributed by atoms with E-state index in [9.17, 15) is 24.6 Å². The second-order valence-corrected chi connectivity index (χ2v) is 11.9. The first-order valence-electron chi connectivity index (χ1n) is 13.0. The maximum atomic E-state index is 14.5. The lowest BCUT2D eigenvalue weighted by molar-refractivity contribution is -0.274. The van der Waals surface area contributed by atoms with Crippen molar-refractivity contribution in [1.82, 2.24) is 0 Å². The summed E-state index contributed by atoms with van der Waals surface area (Å²) >= 11 is 0. The molecule has 0 aromatic heterocycles. The molecule has 5 rings (SSSR count). The maximum Gasteiger partial charge on any atom is 0.338 e. The molecule has 2 bridgehead atoms. The lowest BCUT2D eigenvalue weighted by Gasteiger charge is -2.64. The summed E-state index contributed by atoms with van der Waals surface area (Å²) in [7, 11) is 0. The predicted molar refractivity (Wildman–Crippen MR) is 132 cm³/mol. The van der Waals surface area contributed by atoms with Crippen LogP contribution in [0.3, 0.4) is 0 Å². The Balaban J connectivity index is 1.74. The molecule has 1 aliphatic heterocycles. The van der Waals surface area contributed by atoms with Gasteiger partial charge in [0.25, 0.3) is 0 Å². The summed E-state index contributed by atoms with van der Waals surface area (Å²) in [4.78, 5) is 40.2. The van der Waals surface area contributed by atoms with Crippen LogP contribution in [0.4, 0.5) is 0 Å². The molecule has 8 nitrogen and oxygen atoms in total. The molecule has 3 aliphatic carbocycles. The lowest BCUT2D eigenvalue weighted by atomic mass is 9.46. The van der Waals surface area contributed by atoms with Crippen molar-refractivity contribution >= 4 is 17.7 Å². The van der Waals surface area contributed by atoms with E-state index in [0.717, 1.165) is 5.57 Å². The van der Waals surface area contributed by atoms with E-state index < -0.39 is 58.4 Å². The molecule has 8 atom stereocenters. The van der Waals surface area contributed by atoms with Crippen LogP contribution in [0.1, 0.15) is 64.2 Å². The number of carbonyl (C=O) groups is 3. The van der Waals surface area contributed by atoms with Gasteiger partial charge in [0, 0.05) is 30.6 Å². The van der Waals surface area contributed by atoms with Crippen molar-refractivity contribution in [2.24, 2.45) is 22.7 Å². The third-order valence-electron chi connectivity index (χ3n) is 9.73. The minimum absolute atomic E-state index is 0.225. The molecule has 0 amide bonds. The zero-order chi connectivity index (χ0) is 26.9. The van der Waals surface area contributed by atoms with Crippen molar-refractivity contribution in [1.29, 1.82) is 0 Å². The molecule has 1 heterocycles. The van der Waals surface area contributed by atoms with E-state index >= 15 is 0 Å². The topological polar surface area (TPSA) is 119 Å². The van der Waals surface area contributed by atoms with Gasteiger partial charge in [0.15, 0.2) is 11.9 Å². The smallest absolute Gasteiger partial charge is 0.338 e. The standard InChI is InChI=1S/C29H36O8/c1-15-11-12-29(34)25(37-26(33)17-9-7-6-8-10-17)22-18-14-35-19(18)13-20(31)28(22,5)24(32)23(36-16(2)30)21(15)27(29,3)4/h6-10,18-20,22-23,25,31,34H,11-14H2,1-5H3. The van der Waals surface area contributed by atoms with Crippen LogP contribution in [0.2, 0.25) is 0 Å². The fourth-order valence-electron chi connectivity index (χ4n) is 7.48. The van der Waals surface area contributed by atoms with Crippen LogP contribution >= 0.6 is 0 Å². The largest absolute Gasteiger partial charge is 0.455 e. The molecule has 1 saturated heterocycles. The van der Waals surface area contributed by atoms with Crippen molar-refractivity contribution in [3.05, 3.63) is 47.0 Å². The zero-order valence-electron chi connectivity index (χ0n) is 22.0. The van der Waals surface area contributed by atoms with Gasteiger partial charge in [0.05, 0.1) is 29.8 Å². The summed E-state index contributed by atoms with van der Waals surface area (Å²) < 4.78 is 17.7. The highest BCUT2D eigenvalue weighted by Gasteiger charge is 2.71. The molecule has 3 fully saturated rings. The van der Waals surface area contributed by atoms with Crippen LogP contribution in [0.15, 0.2) is 41.5 Å². The minimum atomic E-state index is -1.60. The van der Waals surface area contributed by atoms with Crippen molar-refractivity contribution in [2.45, 2.75) is 83.9 Å². The SMILES string of the molecule is CC(=O)OC1C(=O)C2(C)C(O)CC3OCC3C2C(OC(=O)c2ccccc2)C2(O)CCC(C)=C1C2(C)C. The number of hydrogen-bond donors (Lipinski definition) is 2. The quantitative estimate of drug-likeness (QED) is 0.469. The van der Waals surface area contributed by atoms with Gasteiger partial charge in [-0.15, -0.1) is 0 Å². The number of rotatable bonds is 3. The van der Waals surface area contributed by atoms with Crippen LogP contribution in [-0.4, -0.2) is 64.6 Å². The number of Topliss-reactive ketones (excluding diaryl/α,β-unsaturated/α-hetero) is 1. The fraction of sp³-hybridized carbons (Fsp3) is 0.621. The number of carbonyl (C=O) groups excluding carboxylic acids is 3. The van der Waals surface area contributed by atoms with Crippen LogP contribution in [0.25, 0.3) is 0 Å². The van der Waals surface area contributed by atoms with Crippen LogP contribution in [0.5, 0.6) is 0 Å². The highest BCUT2D eigenvalue weighted by atomic mass is 16.6. The van der Waals surface area contributed by atoms with Gasteiger partial charge in [-0.1, -0.05) is 37.6 Å². The molecule has 37 heavy (non-hydrogen) atoms. The Labute approximate surface area is 217 Å². The summed E-state index contributed by atoms with van der Waals surface area (Å²) in [5.41, 5.74) is -2.46. The van der Waals surface area contributed by atoms with Crippen molar-refractivity contribution in [2.75, 3.05) is 6.61 Å². The summed E-state index contributed by atoms with van der Waals surface area (Å²) in [5, 5.41) is 24.1. The van der Waals surface area contributed by atoms with Crippen LogP contribution in [-0.2, 0) is 23.8 Å². The van der Waals surface area contributed by atoms with E-state index in [2.05, 4.69) is 0 Å². The van der Waals surface area contributed by atoms with Gasteiger partial charge >= 0.3 is 11.9 Å². The molecule has 8 unspecified atom stereocenters. The number of benzene rings is 1. The number of ketones is 1. The highest BCUT2D eigenvalue weighted by molar-refractivity contribution is 5.95. The van der Waals surface area contributed by atoms with E-state index in [4.69, 9.17) is 14.2 Å². The second-order valence-electron chi connectivity index (χ2n) is 11.9. The molecular weight excluding hydrogens is 476 g/mol.